The number of ether oxygens (including phenoxy) is 1. The maximum absolute atomic E-state index is 12.7. The minimum Gasteiger partial charge on any atom is -0.481 e. The summed E-state index contributed by atoms with van der Waals surface area (Å²) >= 11 is 0. The van der Waals surface area contributed by atoms with E-state index in [1.54, 1.807) is 4.90 Å². The third kappa shape index (κ3) is 9.22. The van der Waals surface area contributed by atoms with E-state index in [0.717, 1.165) is 38.8 Å². The Morgan fingerprint density at radius 3 is 2.55 bits per heavy atom. The van der Waals surface area contributed by atoms with Gasteiger partial charge in [0, 0.05) is 26.6 Å². The highest BCUT2D eigenvalue weighted by atomic mass is 16.5. The number of aliphatic carboxylic acids is 1. The second kappa shape index (κ2) is 13.3. The lowest BCUT2D eigenvalue weighted by Crippen LogP contribution is -2.53. The number of carboxylic acids is 1. The van der Waals surface area contributed by atoms with Crippen molar-refractivity contribution in [1.29, 1.82) is 0 Å². The molecule has 176 valence electrons. The van der Waals surface area contributed by atoms with Crippen LogP contribution in [0.5, 0.6) is 0 Å². The third-order valence-electron chi connectivity index (χ3n) is 5.93. The Morgan fingerprint density at radius 1 is 1.13 bits per heavy atom. The smallest absolute Gasteiger partial charge is 0.307 e. The van der Waals surface area contributed by atoms with Crippen molar-refractivity contribution in [2.24, 2.45) is 11.8 Å². The molecule has 2 fully saturated rings. The van der Waals surface area contributed by atoms with Crippen molar-refractivity contribution < 1.29 is 29.0 Å². The minimum absolute atomic E-state index is 0.0747. The molecule has 2 saturated heterocycles. The van der Waals surface area contributed by atoms with Crippen molar-refractivity contribution in [3.8, 4) is 0 Å². The van der Waals surface area contributed by atoms with Gasteiger partial charge in [-0.3, -0.25) is 19.2 Å². The Morgan fingerprint density at radius 2 is 1.87 bits per heavy atom. The normalized spacial score (nSPS) is 20.7. The predicted octanol–water partition coefficient (Wildman–Crippen LogP) is 0.0745. The van der Waals surface area contributed by atoms with E-state index in [1.165, 1.54) is 7.11 Å². The number of piperidine rings is 2. The number of rotatable bonds is 11. The highest BCUT2D eigenvalue weighted by molar-refractivity contribution is 5.83. The number of hydrogen-bond acceptors (Lipinski definition) is 6. The molecule has 3 amide bonds. The molecule has 0 aromatic carbocycles. The summed E-state index contributed by atoms with van der Waals surface area (Å²) in [5.41, 5.74) is 0. The maximum Gasteiger partial charge on any atom is 0.307 e. The van der Waals surface area contributed by atoms with Crippen LogP contribution in [0.2, 0.25) is 0 Å². The number of carbonyl (C=O) groups is 4. The van der Waals surface area contributed by atoms with Crippen LogP contribution in [0.3, 0.4) is 0 Å². The number of methoxy groups -OCH3 is 1. The molecule has 10 nitrogen and oxygen atoms in total. The number of nitrogens with zero attached hydrogens (tertiary/aromatic N) is 1. The molecule has 0 aliphatic carbocycles. The molecule has 4 N–H and O–H groups in total. The van der Waals surface area contributed by atoms with Crippen LogP contribution in [0.1, 0.15) is 51.4 Å². The topological polar surface area (TPSA) is 137 Å². The molecule has 2 aliphatic heterocycles. The molecule has 0 bridgehead atoms. The van der Waals surface area contributed by atoms with Gasteiger partial charge in [0.05, 0.1) is 25.4 Å². The number of carbonyl (C=O) groups excluding carboxylic acids is 3. The summed E-state index contributed by atoms with van der Waals surface area (Å²) in [7, 11) is 1.46. The summed E-state index contributed by atoms with van der Waals surface area (Å²) in [6.45, 7) is 3.18. The number of carboxylic acid groups (broad SMARTS) is 1. The third-order valence-corrected chi connectivity index (χ3v) is 5.93. The van der Waals surface area contributed by atoms with Crippen molar-refractivity contribution in [2.45, 2.75) is 57.5 Å². The predicted molar refractivity (Wildman–Crippen MR) is 113 cm³/mol. The van der Waals surface area contributed by atoms with Gasteiger partial charge in [-0.1, -0.05) is 0 Å². The van der Waals surface area contributed by atoms with E-state index in [0.29, 0.717) is 31.8 Å². The van der Waals surface area contributed by atoms with Crippen LogP contribution in [-0.4, -0.2) is 79.8 Å². The second-order valence-electron chi connectivity index (χ2n) is 8.38. The summed E-state index contributed by atoms with van der Waals surface area (Å²) in [6.07, 6.45) is 3.57. The fourth-order valence-electron chi connectivity index (χ4n) is 4.14. The Balaban J connectivity index is 1.83. The first-order valence-electron chi connectivity index (χ1n) is 11.2. The largest absolute Gasteiger partial charge is 0.481 e. The lowest BCUT2D eigenvalue weighted by Gasteiger charge is -2.33. The molecular weight excluding hydrogens is 404 g/mol. The van der Waals surface area contributed by atoms with Crippen molar-refractivity contribution in [1.82, 2.24) is 20.9 Å². The Hall–Kier alpha value is -2.20. The molecule has 2 rings (SSSR count). The molecule has 2 aliphatic rings. The first kappa shape index (κ1) is 25.1. The number of amides is 3. The van der Waals surface area contributed by atoms with E-state index in [2.05, 4.69) is 16.0 Å². The van der Waals surface area contributed by atoms with E-state index in [1.807, 2.05) is 0 Å². The lowest BCUT2D eigenvalue weighted by atomic mass is 9.92. The van der Waals surface area contributed by atoms with Gasteiger partial charge < -0.3 is 30.7 Å². The minimum atomic E-state index is -1.13. The first-order valence-corrected chi connectivity index (χ1v) is 11.2. The van der Waals surface area contributed by atoms with Gasteiger partial charge in [-0.15, -0.1) is 0 Å². The summed E-state index contributed by atoms with van der Waals surface area (Å²) < 4.78 is 4.84. The fourth-order valence-corrected chi connectivity index (χ4v) is 4.14. The monoisotopic (exact) mass is 440 g/mol. The highest BCUT2D eigenvalue weighted by Crippen LogP contribution is 2.21. The molecule has 2 atom stereocenters. The Kier molecular flexibility index (Phi) is 10.7. The van der Waals surface area contributed by atoms with Crippen LogP contribution < -0.4 is 16.0 Å². The summed E-state index contributed by atoms with van der Waals surface area (Å²) in [4.78, 5) is 50.2. The Labute approximate surface area is 183 Å². The van der Waals surface area contributed by atoms with Crippen molar-refractivity contribution in [3.05, 3.63) is 0 Å². The highest BCUT2D eigenvalue weighted by Gasteiger charge is 2.30. The zero-order valence-corrected chi connectivity index (χ0v) is 18.4. The van der Waals surface area contributed by atoms with Crippen molar-refractivity contribution in [2.75, 3.05) is 39.9 Å². The molecule has 0 spiro atoms. The quantitative estimate of drug-likeness (QED) is 0.334. The molecule has 0 aromatic rings. The summed E-state index contributed by atoms with van der Waals surface area (Å²) in [5.74, 6) is -1.63. The summed E-state index contributed by atoms with van der Waals surface area (Å²) in [5, 5.41) is 17.6. The SMILES string of the molecule is COCCC(=O)N[C@H](CC(=O)O)NC(=O)[C@@H]1CCCN(C(=O)CCC2CCNCC2)C1. The molecule has 2 heterocycles. The molecule has 0 unspecified atom stereocenters. The lowest BCUT2D eigenvalue weighted by molar-refractivity contribution is -0.138. The van der Waals surface area contributed by atoms with Gasteiger partial charge >= 0.3 is 5.97 Å². The maximum atomic E-state index is 12.7. The molecule has 0 radical (unpaired) electrons. The van der Waals surface area contributed by atoms with Gasteiger partial charge in [0.15, 0.2) is 0 Å². The van der Waals surface area contributed by atoms with E-state index in [9.17, 15) is 19.2 Å². The van der Waals surface area contributed by atoms with Crippen LogP contribution >= 0.6 is 0 Å². The van der Waals surface area contributed by atoms with Crippen molar-refractivity contribution in [3.63, 3.8) is 0 Å². The van der Waals surface area contributed by atoms with Gasteiger partial charge in [-0.25, -0.2) is 0 Å². The number of hydrogen-bond donors (Lipinski definition) is 4. The van der Waals surface area contributed by atoms with E-state index >= 15 is 0 Å². The van der Waals surface area contributed by atoms with E-state index in [-0.39, 0.29) is 24.8 Å². The molecule has 10 heteroatoms. The van der Waals surface area contributed by atoms with Gasteiger partial charge in [0.2, 0.25) is 17.7 Å². The van der Waals surface area contributed by atoms with Gasteiger partial charge in [0.1, 0.15) is 6.17 Å². The zero-order chi connectivity index (χ0) is 22.6. The van der Waals surface area contributed by atoms with Crippen LogP contribution in [0.25, 0.3) is 0 Å². The number of nitrogens with one attached hydrogen (secondary N) is 3. The van der Waals surface area contributed by atoms with Crippen molar-refractivity contribution >= 4 is 23.7 Å². The van der Waals surface area contributed by atoms with Gasteiger partial charge in [-0.05, 0) is 51.1 Å². The second-order valence-corrected chi connectivity index (χ2v) is 8.38. The first-order chi connectivity index (χ1) is 14.9. The van der Waals surface area contributed by atoms with E-state index in [4.69, 9.17) is 9.84 Å². The average molecular weight is 441 g/mol. The number of likely N-dealkylation sites (tertiary alicyclic amines) is 1. The molecule has 0 saturated carbocycles. The molecular formula is C21H36N4O6. The van der Waals surface area contributed by atoms with Gasteiger partial charge in [0.25, 0.3) is 0 Å². The van der Waals surface area contributed by atoms with Crippen LogP contribution in [0.15, 0.2) is 0 Å². The van der Waals surface area contributed by atoms with Crippen LogP contribution in [0, 0.1) is 11.8 Å². The Bertz CT molecular complexity index is 623. The standard InChI is InChI=1S/C21H36N4O6/c1-31-12-8-18(26)23-17(13-20(28)29)24-21(30)16-3-2-11-25(14-16)19(27)5-4-15-6-9-22-10-7-15/h15-17,22H,2-14H2,1H3,(H,23,26)(H,24,30)(H,28,29)/t16-,17+/m1/s1. The van der Waals surface area contributed by atoms with Crippen LogP contribution in [-0.2, 0) is 23.9 Å². The molecule has 0 aromatic heterocycles. The molecule has 31 heavy (non-hydrogen) atoms. The summed E-state index contributed by atoms with van der Waals surface area (Å²) in [6, 6.07) is 0. The fraction of sp³-hybridized carbons (Fsp3) is 0.810. The van der Waals surface area contributed by atoms with E-state index < -0.39 is 30.4 Å². The van der Waals surface area contributed by atoms with Crippen LogP contribution in [0.4, 0.5) is 0 Å². The zero-order valence-electron chi connectivity index (χ0n) is 18.4. The van der Waals surface area contributed by atoms with Gasteiger partial charge in [-0.2, -0.15) is 0 Å². The average Bonchev–Trinajstić information content (AvgIpc) is 2.76.